The molecule has 2 aromatic rings. The topological polar surface area (TPSA) is 22.0 Å². The van der Waals surface area contributed by atoms with Crippen molar-refractivity contribution < 1.29 is 4.79 Å². The quantitative estimate of drug-likeness (QED) is 0.692. The van der Waals surface area contributed by atoms with E-state index in [4.69, 9.17) is 11.6 Å². The number of aryl methyl sites for hydroxylation is 3. The number of carbonyl (C=O) groups excluding carboxylic acids is 1. The van der Waals surface area contributed by atoms with Crippen LogP contribution >= 0.6 is 11.6 Å². The summed E-state index contributed by atoms with van der Waals surface area (Å²) in [7, 11) is 1.88. The summed E-state index contributed by atoms with van der Waals surface area (Å²) in [5.74, 6) is 0.0163. The van der Waals surface area contributed by atoms with Crippen molar-refractivity contribution in [3.63, 3.8) is 0 Å². The van der Waals surface area contributed by atoms with Crippen LogP contribution < -0.4 is 0 Å². The van der Waals surface area contributed by atoms with Gasteiger partial charge in [0.25, 0.3) is 0 Å². The van der Waals surface area contributed by atoms with Crippen LogP contribution in [0.3, 0.4) is 0 Å². The van der Waals surface area contributed by atoms with E-state index in [2.05, 4.69) is 12.1 Å². The number of carbonyl (C=O) groups is 1. The zero-order valence-corrected chi connectivity index (χ0v) is 10.6. The first-order valence-electron chi connectivity index (χ1n) is 5.19. The van der Waals surface area contributed by atoms with E-state index < -0.39 is 0 Å². The van der Waals surface area contributed by atoms with Crippen LogP contribution in [0.4, 0.5) is 0 Å². The summed E-state index contributed by atoms with van der Waals surface area (Å²) in [6.07, 6.45) is 0. The molecule has 1 heterocycles. The van der Waals surface area contributed by atoms with E-state index in [-0.39, 0.29) is 5.78 Å². The second kappa shape index (κ2) is 3.63. The number of benzene rings is 1. The van der Waals surface area contributed by atoms with Gasteiger partial charge >= 0.3 is 0 Å². The van der Waals surface area contributed by atoms with Gasteiger partial charge in [-0.15, -0.1) is 0 Å². The van der Waals surface area contributed by atoms with Crippen LogP contribution in [0.2, 0.25) is 5.15 Å². The Kier molecular flexibility index (Phi) is 2.55. The molecule has 0 atom stereocenters. The molecule has 0 fully saturated rings. The molecule has 0 N–H and O–H groups in total. The fourth-order valence-electron chi connectivity index (χ4n) is 2.23. The first kappa shape index (κ1) is 11.2. The third-order valence-corrected chi connectivity index (χ3v) is 3.37. The molecule has 1 aromatic carbocycles. The van der Waals surface area contributed by atoms with Crippen molar-refractivity contribution in [1.82, 2.24) is 4.57 Å². The Hall–Kier alpha value is -1.28. The van der Waals surface area contributed by atoms with Gasteiger partial charge in [-0.05, 0) is 38.0 Å². The van der Waals surface area contributed by atoms with Crippen LogP contribution in [0.15, 0.2) is 12.1 Å². The predicted molar refractivity (Wildman–Crippen MR) is 67.4 cm³/mol. The second-order valence-corrected chi connectivity index (χ2v) is 4.61. The second-order valence-electron chi connectivity index (χ2n) is 4.26. The lowest BCUT2D eigenvalue weighted by Crippen LogP contribution is -1.93. The minimum Gasteiger partial charge on any atom is -0.334 e. The molecule has 0 aliphatic heterocycles. The van der Waals surface area contributed by atoms with E-state index in [9.17, 15) is 4.79 Å². The van der Waals surface area contributed by atoms with Crippen molar-refractivity contribution in [3.05, 3.63) is 34.0 Å². The molecule has 84 valence electrons. The monoisotopic (exact) mass is 235 g/mol. The molecule has 0 saturated carbocycles. The van der Waals surface area contributed by atoms with Crippen LogP contribution in [0.1, 0.15) is 28.4 Å². The predicted octanol–water partition coefficient (Wildman–Crippen LogP) is 3.65. The maximum Gasteiger partial charge on any atom is 0.163 e. The SMILES string of the molecule is CC(=O)c1c(Cl)n(C)c2cc(C)cc(C)c12. The number of Topliss-reactive ketones (excluding diaryl/α,β-unsaturated/α-hetero) is 1. The average molecular weight is 236 g/mol. The largest absolute Gasteiger partial charge is 0.334 e. The minimum atomic E-state index is 0.0163. The van der Waals surface area contributed by atoms with E-state index in [1.807, 2.05) is 25.5 Å². The van der Waals surface area contributed by atoms with Crippen LogP contribution in [0, 0.1) is 13.8 Å². The maximum atomic E-state index is 11.6. The molecule has 16 heavy (non-hydrogen) atoms. The highest BCUT2D eigenvalue weighted by atomic mass is 35.5. The van der Waals surface area contributed by atoms with Gasteiger partial charge in [-0.2, -0.15) is 0 Å². The van der Waals surface area contributed by atoms with Gasteiger partial charge in [0.15, 0.2) is 5.78 Å². The van der Waals surface area contributed by atoms with Gasteiger partial charge in [0.1, 0.15) is 5.15 Å². The molecular weight excluding hydrogens is 222 g/mol. The number of aromatic nitrogens is 1. The Morgan fingerprint density at radius 3 is 2.50 bits per heavy atom. The molecule has 2 rings (SSSR count). The number of rotatable bonds is 1. The number of ketones is 1. The standard InChI is InChI=1S/C13H14ClNO/c1-7-5-8(2)11-10(6-7)15(4)13(14)12(11)9(3)16/h5-6H,1-4H3. The lowest BCUT2D eigenvalue weighted by molar-refractivity contribution is 0.101. The maximum absolute atomic E-state index is 11.6. The Labute approximate surface area is 99.8 Å². The summed E-state index contributed by atoms with van der Waals surface area (Å²) >= 11 is 6.20. The molecule has 3 heteroatoms. The third kappa shape index (κ3) is 1.45. The van der Waals surface area contributed by atoms with Crippen molar-refractivity contribution in [1.29, 1.82) is 0 Å². The van der Waals surface area contributed by atoms with Crippen LogP contribution in [-0.4, -0.2) is 10.4 Å². The molecule has 0 aliphatic rings. The van der Waals surface area contributed by atoms with Gasteiger partial charge in [0.05, 0.1) is 11.1 Å². The van der Waals surface area contributed by atoms with Crippen molar-refractivity contribution >= 4 is 28.3 Å². The normalized spacial score (nSPS) is 11.1. The zero-order valence-electron chi connectivity index (χ0n) is 9.89. The molecular formula is C13H14ClNO. The Morgan fingerprint density at radius 2 is 1.94 bits per heavy atom. The Balaban J connectivity index is 3.02. The minimum absolute atomic E-state index is 0.0163. The number of hydrogen-bond acceptors (Lipinski definition) is 1. The summed E-state index contributed by atoms with van der Waals surface area (Å²) in [6.45, 7) is 5.61. The number of nitrogens with zero attached hydrogens (tertiary/aromatic N) is 1. The molecule has 0 amide bonds. The van der Waals surface area contributed by atoms with Gasteiger partial charge < -0.3 is 4.57 Å². The highest BCUT2D eigenvalue weighted by molar-refractivity contribution is 6.35. The van der Waals surface area contributed by atoms with Crippen LogP contribution in [0.25, 0.3) is 10.9 Å². The fraction of sp³-hybridized carbons (Fsp3) is 0.308. The molecule has 0 spiro atoms. The molecule has 0 radical (unpaired) electrons. The first-order chi connectivity index (χ1) is 7.43. The van der Waals surface area contributed by atoms with Crippen molar-refractivity contribution in [2.24, 2.45) is 7.05 Å². The zero-order chi connectivity index (χ0) is 12.0. The summed E-state index contributed by atoms with van der Waals surface area (Å²) in [5.41, 5.74) is 3.93. The van der Waals surface area contributed by atoms with Crippen molar-refractivity contribution in [3.8, 4) is 0 Å². The number of fused-ring (bicyclic) bond motifs is 1. The fourth-order valence-corrected chi connectivity index (χ4v) is 2.55. The van der Waals surface area contributed by atoms with Gasteiger partial charge in [-0.25, -0.2) is 0 Å². The summed E-state index contributed by atoms with van der Waals surface area (Å²) in [6, 6.07) is 4.13. The number of hydrogen-bond donors (Lipinski definition) is 0. The lowest BCUT2D eigenvalue weighted by atomic mass is 10.0. The van der Waals surface area contributed by atoms with Gasteiger partial charge in [-0.3, -0.25) is 4.79 Å². The van der Waals surface area contributed by atoms with Gasteiger partial charge in [-0.1, -0.05) is 17.7 Å². The summed E-state index contributed by atoms with van der Waals surface area (Å²) < 4.78 is 1.87. The van der Waals surface area contributed by atoms with Gasteiger partial charge in [0.2, 0.25) is 0 Å². The summed E-state index contributed by atoms with van der Waals surface area (Å²) in [5, 5.41) is 1.50. The molecule has 0 unspecified atom stereocenters. The van der Waals surface area contributed by atoms with E-state index in [1.54, 1.807) is 6.92 Å². The van der Waals surface area contributed by atoms with Crippen LogP contribution in [-0.2, 0) is 7.05 Å². The van der Waals surface area contributed by atoms with E-state index in [1.165, 1.54) is 5.56 Å². The molecule has 1 aromatic heterocycles. The smallest absolute Gasteiger partial charge is 0.163 e. The Morgan fingerprint density at radius 1 is 1.31 bits per heavy atom. The molecule has 0 saturated heterocycles. The average Bonchev–Trinajstić information content (AvgIpc) is 2.42. The molecule has 0 bridgehead atoms. The van der Waals surface area contributed by atoms with Crippen molar-refractivity contribution in [2.75, 3.05) is 0 Å². The Bertz CT molecular complexity index is 596. The van der Waals surface area contributed by atoms with E-state index in [0.29, 0.717) is 10.7 Å². The number of halogens is 1. The highest BCUT2D eigenvalue weighted by Crippen LogP contribution is 2.32. The van der Waals surface area contributed by atoms with E-state index >= 15 is 0 Å². The molecule has 2 nitrogen and oxygen atoms in total. The van der Waals surface area contributed by atoms with Crippen molar-refractivity contribution in [2.45, 2.75) is 20.8 Å². The summed E-state index contributed by atoms with van der Waals surface area (Å²) in [4.78, 5) is 11.6. The van der Waals surface area contributed by atoms with Gasteiger partial charge in [0, 0.05) is 12.4 Å². The lowest BCUT2D eigenvalue weighted by Gasteiger charge is -2.02. The first-order valence-corrected chi connectivity index (χ1v) is 5.57. The third-order valence-electron chi connectivity index (χ3n) is 2.92. The van der Waals surface area contributed by atoms with Crippen LogP contribution in [0.5, 0.6) is 0 Å². The van der Waals surface area contributed by atoms with E-state index in [0.717, 1.165) is 16.5 Å². The highest BCUT2D eigenvalue weighted by Gasteiger charge is 2.18. The molecule has 0 aliphatic carbocycles.